The average molecular weight is 574 g/mol. The van der Waals surface area contributed by atoms with Gasteiger partial charge in [0.05, 0.1) is 24.7 Å². The first-order valence-electron chi connectivity index (χ1n) is 13.5. The van der Waals surface area contributed by atoms with Gasteiger partial charge in [-0.1, -0.05) is 6.58 Å². The number of likely N-dealkylation sites (tertiary alicyclic amines) is 1. The lowest BCUT2D eigenvalue weighted by Gasteiger charge is -2.38. The van der Waals surface area contributed by atoms with Crippen molar-refractivity contribution in [3.05, 3.63) is 24.5 Å². The molecule has 3 aliphatic heterocycles. The molecule has 2 aromatic heterocycles. The molecule has 16 heteroatoms. The van der Waals surface area contributed by atoms with Crippen molar-refractivity contribution >= 4 is 29.7 Å². The summed E-state index contributed by atoms with van der Waals surface area (Å²) < 4.78 is 33.1. The summed E-state index contributed by atoms with van der Waals surface area (Å²) in [6.45, 7) is 10.2. The molecule has 3 fully saturated rings. The number of nitrogens with zero attached hydrogens (tertiary/aromatic N) is 9. The van der Waals surface area contributed by atoms with E-state index in [4.69, 9.17) is 10.5 Å². The lowest BCUT2D eigenvalue weighted by molar-refractivity contribution is -0.139. The van der Waals surface area contributed by atoms with Crippen LogP contribution in [-0.2, 0) is 14.3 Å². The van der Waals surface area contributed by atoms with Crippen LogP contribution < -0.4 is 20.9 Å². The van der Waals surface area contributed by atoms with Crippen molar-refractivity contribution in [3.63, 3.8) is 0 Å². The van der Waals surface area contributed by atoms with Crippen LogP contribution in [0.3, 0.4) is 0 Å². The van der Waals surface area contributed by atoms with Crippen molar-refractivity contribution in [1.29, 1.82) is 0 Å². The molecule has 5 rings (SSSR count). The van der Waals surface area contributed by atoms with Gasteiger partial charge >= 0.3 is 0 Å². The van der Waals surface area contributed by atoms with Crippen molar-refractivity contribution < 1.29 is 23.1 Å². The zero-order chi connectivity index (χ0) is 28.9. The minimum atomic E-state index is -2.88. The number of alkyl halides is 2. The predicted octanol–water partition coefficient (Wildman–Crippen LogP) is -0.432. The first kappa shape index (κ1) is 28.5. The van der Waals surface area contributed by atoms with E-state index in [2.05, 4.69) is 41.7 Å². The molecule has 0 spiro atoms. The number of carbonyl (C=O) groups is 2. The number of nitrogens with two attached hydrogens (primary N) is 1. The van der Waals surface area contributed by atoms with Gasteiger partial charge in [-0.05, 0) is 6.08 Å². The van der Waals surface area contributed by atoms with Crippen molar-refractivity contribution in [2.24, 2.45) is 5.92 Å². The van der Waals surface area contributed by atoms with Crippen LogP contribution in [-0.4, -0.2) is 125 Å². The molecule has 2 aromatic rings. The molecule has 0 saturated carbocycles. The number of anilines is 3. The molecule has 3 aliphatic rings. The molecule has 0 atom stereocenters. The number of rotatable bonds is 9. The monoisotopic (exact) mass is 573 g/mol. The SMILES string of the molecule is C=CC(=O)N1CC(C(=O)NCCN2CCN(c3nc(-c4cnc(N)nc4C(F)F)nc(N4CCOCC4)n3)CC2)C1. The van der Waals surface area contributed by atoms with Gasteiger partial charge in [0.15, 0.2) is 5.82 Å². The highest BCUT2D eigenvalue weighted by atomic mass is 19.3. The number of nitrogen functional groups attached to an aromatic ring is 1. The van der Waals surface area contributed by atoms with E-state index in [1.54, 1.807) is 4.90 Å². The van der Waals surface area contributed by atoms with Gasteiger partial charge in [-0.15, -0.1) is 0 Å². The molecule has 41 heavy (non-hydrogen) atoms. The van der Waals surface area contributed by atoms with Crippen molar-refractivity contribution in [2.45, 2.75) is 6.43 Å². The Morgan fingerprint density at radius 3 is 2.34 bits per heavy atom. The number of nitrogens with one attached hydrogen (secondary N) is 1. The maximum atomic E-state index is 13.8. The van der Waals surface area contributed by atoms with Gasteiger partial charge in [0, 0.05) is 71.6 Å². The fourth-order valence-corrected chi connectivity index (χ4v) is 4.87. The van der Waals surface area contributed by atoms with Gasteiger partial charge < -0.3 is 30.5 Å². The number of amides is 2. The summed E-state index contributed by atoms with van der Waals surface area (Å²) in [4.78, 5) is 53.0. The van der Waals surface area contributed by atoms with Gasteiger partial charge in [0.2, 0.25) is 29.7 Å². The van der Waals surface area contributed by atoms with Gasteiger partial charge in [-0.25, -0.2) is 18.7 Å². The number of ether oxygens (including phenoxy) is 1. The molecule has 220 valence electrons. The largest absolute Gasteiger partial charge is 0.378 e. The number of hydrogen-bond acceptors (Lipinski definition) is 12. The Kier molecular flexibility index (Phi) is 8.78. The molecule has 0 radical (unpaired) electrons. The minimum Gasteiger partial charge on any atom is -0.378 e. The molecule has 0 unspecified atom stereocenters. The summed E-state index contributed by atoms with van der Waals surface area (Å²) >= 11 is 0. The van der Waals surface area contributed by atoms with E-state index in [9.17, 15) is 18.4 Å². The molecule has 0 bridgehead atoms. The number of halogens is 2. The van der Waals surface area contributed by atoms with E-state index >= 15 is 0 Å². The second-order valence-corrected chi connectivity index (χ2v) is 9.95. The smallest absolute Gasteiger partial charge is 0.281 e. The maximum Gasteiger partial charge on any atom is 0.281 e. The maximum absolute atomic E-state index is 13.8. The number of carbonyl (C=O) groups excluding carboxylic acids is 2. The summed E-state index contributed by atoms with van der Waals surface area (Å²) in [6.07, 6.45) is -0.414. The number of hydrogen-bond donors (Lipinski definition) is 2. The van der Waals surface area contributed by atoms with E-state index in [0.29, 0.717) is 90.6 Å². The zero-order valence-electron chi connectivity index (χ0n) is 22.6. The van der Waals surface area contributed by atoms with Crippen LogP contribution in [0.5, 0.6) is 0 Å². The van der Waals surface area contributed by atoms with Crippen LogP contribution >= 0.6 is 0 Å². The third-order valence-corrected chi connectivity index (χ3v) is 7.31. The molecule has 3 N–H and O–H groups in total. The number of morpholine rings is 1. The first-order valence-corrected chi connectivity index (χ1v) is 13.5. The Balaban J connectivity index is 1.22. The van der Waals surface area contributed by atoms with E-state index in [1.165, 1.54) is 12.3 Å². The van der Waals surface area contributed by atoms with E-state index < -0.39 is 12.1 Å². The van der Waals surface area contributed by atoms with E-state index in [0.717, 1.165) is 0 Å². The second kappa shape index (κ2) is 12.6. The summed E-state index contributed by atoms with van der Waals surface area (Å²) in [5, 5.41) is 2.95. The first-order chi connectivity index (χ1) is 19.8. The highest BCUT2D eigenvalue weighted by Crippen LogP contribution is 2.30. The lowest BCUT2D eigenvalue weighted by atomic mass is 9.99. The Hall–Kier alpha value is -4.05. The molecule has 0 aliphatic carbocycles. The lowest BCUT2D eigenvalue weighted by Crippen LogP contribution is -2.56. The predicted molar refractivity (Wildman–Crippen MR) is 145 cm³/mol. The van der Waals surface area contributed by atoms with Gasteiger partial charge in [0.25, 0.3) is 6.43 Å². The average Bonchev–Trinajstić information content (AvgIpc) is 2.96. The Morgan fingerprint density at radius 1 is 1.05 bits per heavy atom. The summed E-state index contributed by atoms with van der Waals surface area (Å²) in [7, 11) is 0. The molecular formula is C25H33F2N11O3. The fraction of sp³-hybridized carbons (Fsp3) is 0.560. The molecule has 5 heterocycles. The highest BCUT2D eigenvalue weighted by Gasteiger charge is 2.34. The van der Waals surface area contributed by atoms with Crippen LogP contribution in [0.1, 0.15) is 12.1 Å². The standard InChI is InChI=1S/C25H33F2N11O3/c1-2-18(39)38-14-16(15-38)22(40)29-3-4-35-5-7-36(8-6-35)24-32-21(17-13-30-23(28)31-19(17)20(26)27)33-25(34-24)37-9-11-41-12-10-37/h2,13,16,20H,1,3-12,14-15H2,(H,29,40)(H2,28,30,31). The van der Waals surface area contributed by atoms with Crippen LogP contribution in [0, 0.1) is 5.92 Å². The second-order valence-electron chi connectivity index (χ2n) is 9.95. The fourth-order valence-electron chi connectivity index (χ4n) is 4.87. The number of piperazine rings is 1. The number of aromatic nitrogens is 5. The third kappa shape index (κ3) is 6.65. The third-order valence-electron chi connectivity index (χ3n) is 7.31. The Labute approximate surface area is 235 Å². The molecule has 0 aromatic carbocycles. The van der Waals surface area contributed by atoms with Crippen LogP contribution in [0.2, 0.25) is 0 Å². The van der Waals surface area contributed by atoms with Crippen LogP contribution in [0.25, 0.3) is 11.4 Å². The summed E-state index contributed by atoms with van der Waals surface area (Å²) in [6, 6.07) is 0. The quantitative estimate of drug-likeness (QED) is 0.373. The van der Waals surface area contributed by atoms with E-state index in [-0.39, 0.29) is 35.1 Å². The van der Waals surface area contributed by atoms with Crippen molar-refractivity contribution in [2.75, 3.05) is 94.2 Å². The highest BCUT2D eigenvalue weighted by molar-refractivity contribution is 5.90. The van der Waals surface area contributed by atoms with Gasteiger partial charge in [-0.2, -0.15) is 15.0 Å². The van der Waals surface area contributed by atoms with Crippen LogP contribution in [0.15, 0.2) is 18.9 Å². The summed E-state index contributed by atoms with van der Waals surface area (Å²) in [5.74, 6) is 0.152. The molecular weight excluding hydrogens is 540 g/mol. The molecule has 14 nitrogen and oxygen atoms in total. The Bertz CT molecular complexity index is 1260. The minimum absolute atomic E-state index is 0.00480. The summed E-state index contributed by atoms with van der Waals surface area (Å²) in [5.41, 5.74) is 5.04. The molecule has 3 saturated heterocycles. The van der Waals surface area contributed by atoms with E-state index in [1.807, 2.05) is 9.80 Å². The van der Waals surface area contributed by atoms with Gasteiger partial charge in [-0.3, -0.25) is 14.5 Å². The van der Waals surface area contributed by atoms with Crippen molar-refractivity contribution in [1.82, 2.24) is 40.0 Å². The topological polar surface area (TPSA) is 159 Å². The molecule has 2 amide bonds. The Morgan fingerprint density at radius 2 is 1.71 bits per heavy atom. The van der Waals surface area contributed by atoms with Crippen molar-refractivity contribution in [3.8, 4) is 11.4 Å². The zero-order valence-corrected chi connectivity index (χ0v) is 22.6. The van der Waals surface area contributed by atoms with Gasteiger partial charge in [0.1, 0.15) is 5.69 Å². The normalized spacial score (nSPS) is 18.4. The van der Waals surface area contributed by atoms with Crippen LogP contribution in [0.4, 0.5) is 26.6 Å².